The molecule has 164 valence electrons. The van der Waals surface area contributed by atoms with E-state index in [4.69, 9.17) is 10.5 Å². The topological polar surface area (TPSA) is 58.7 Å². The summed E-state index contributed by atoms with van der Waals surface area (Å²) in [6, 6.07) is 6.73. The van der Waals surface area contributed by atoms with Crippen molar-refractivity contribution in [2.24, 2.45) is 11.7 Å². The van der Waals surface area contributed by atoms with Crippen LogP contribution in [0.2, 0.25) is 0 Å². The predicted octanol–water partition coefficient (Wildman–Crippen LogP) is 4.81. The van der Waals surface area contributed by atoms with E-state index in [9.17, 15) is 5.11 Å². The van der Waals surface area contributed by atoms with Crippen LogP contribution in [-0.2, 0) is 0 Å². The summed E-state index contributed by atoms with van der Waals surface area (Å²) in [6.07, 6.45) is 6.43. The first-order chi connectivity index (χ1) is 13.2. The molecule has 1 aromatic carbocycles. The van der Waals surface area contributed by atoms with Crippen LogP contribution in [-0.4, -0.2) is 48.9 Å². The van der Waals surface area contributed by atoms with E-state index in [0.717, 1.165) is 57.5 Å². The molecule has 3 atom stereocenters. The number of ether oxygens (including phenoxy) is 1. The molecule has 0 spiro atoms. The number of piperidine rings is 1. The van der Waals surface area contributed by atoms with Crippen molar-refractivity contribution < 1.29 is 9.84 Å². The lowest BCUT2D eigenvalue weighted by atomic mass is 9.74. The SMILES string of the molecule is COc1ccc2scc(C(CN3CCC(N)CC3)C3CCCCC3O)c2c1.Cl.Cl. The fourth-order valence-electron chi connectivity index (χ4n) is 4.93. The number of methoxy groups -OCH3 is 1. The van der Waals surface area contributed by atoms with Gasteiger partial charge in [-0.1, -0.05) is 12.8 Å². The van der Waals surface area contributed by atoms with Gasteiger partial charge in [-0.15, -0.1) is 36.2 Å². The minimum absolute atomic E-state index is 0. The Morgan fingerprint density at radius 1 is 1.17 bits per heavy atom. The number of nitrogens with zero attached hydrogens (tertiary/aromatic N) is 1. The van der Waals surface area contributed by atoms with Crippen LogP contribution in [0.25, 0.3) is 10.1 Å². The number of hydrogen-bond donors (Lipinski definition) is 2. The van der Waals surface area contributed by atoms with Crippen LogP contribution in [0.5, 0.6) is 5.75 Å². The molecule has 2 aromatic rings. The van der Waals surface area contributed by atoms with Gasteiger partial charge in [-0.25, -0.2) is 0 Å². The van der Waals surface area contributed by atoms with E-state index < -0.39 is 0 Å². The highest BCUT2D eigenvalue weighted by Crippen LogP contribution is 2.42. The summed E-state index contributed by atoms with van der Waals surface area (Å²) in [7, 11) is 1.73. The van der Waals surface area contributed by atoms with Gasteiger partial charge >= 0.3 is 0 Å². The minimum Gasteiger partial charge on any atom is -0.497 e. The molecule has 0 amide bonds. The maximum Gasteiger partial charge on any atom is 0.119 e. The van der Waals surface area contributed by atoms with E-state index in [1.54, 1.807) is 7.11 Å². The van der Waals surface area contributed by atoms with Gasteiger partial charge in [0.25, 0.3) is 0 Å². The van der Waals surface area contributed by atoms with Gasteiger partial charge in [0.1, 0.15) is 5.75 Å². The number of aliphatic hydroxyl groups is 1. The Bertz CT molecular complexity index is 764. The molecule has 1 aliphatic carbocycles. The summed E-state index contributed by atoms with van der Waals surface area (Å²) in [5.74, 6) is 1.63. The zero-order chi connectivity index (χ0) is 18.8. The molecular weight excluding hydrogens is 427 g/mol. The highest BCUT2D eigenvalue weighted by Gasteiger charge is 2.34. The third kappa shape index (κ3) is 5.57. The number of aliphatic hydroxyl groups excluding tert-OH is 1. The summed E-state index contributed by atoms with van der Waals surface area (Å²) in [4.78, 5) is 2.57. The molecule has 3 N–H and O–H groups in total. The Balaban J connectivity index is 0.00000150. The Hall–Kier alpha value is -0.560. The average Bonchev–Trinajstić information content (AvgIpc) is 3.11. The van der Waals surface area contributed by atoms with E-state index in [2.05, 4.69) is 22.4 Å². The average molecular weight is 461 g/mol. The number of nitrogens with two attached hydrogens (primary N) is 1. The number of benzene rings is 1. The summed E-state index contributed by atoms with van der Waals surface area (Å²) in [6.45, 7) is 3.18. The van der Waals surface area contributed by atoms with Crippen LogP contribution in [0.15, 0.2) is 23.6 Å². The first-order valence-corrected chi connectivity index (χ1v) is 11.2. The molecule has 0 bridgehead atoms. The molecule has 2 aliphatic rings. The number of fused-ring (bicyclic) bond motifs is 1. The number of halogens is 2. The summed E-state index contributed by atoms with van der Waals surface area (Å²) in [5, 5.41) is 14.4. The standard InChI is InChI=1S/C22H32N2O2S.2ClH/c1-26-16-6-7-22-18(12-16)20(14-27-22)19(17-4-2-3-5-21(17)25)13-24-10-8-15(23)9-11-24;;/h6-7,12,14-15,17,19,21,25H,2-5,8-11,13,23H2,1H3;2*1H. The summed E-state index contributed by atoms with van der Waals surface area (Å²) < 4.78 is 6.79. The first-order valence-electron chi connectivity index (χ1n) is 10.4. The monoisotopic (exact) mass is 460 g/mol. The van der Waals surface area contributed by atoms with Crippen LogP contribution in [0.4, 0.5) is 0 Å². The lowest BCUT2D eigenvalue weighted by Crippen LogP contribution is -2.43. The van der Waals surface area contributed by atoms with Gasteiger partial charge in [-0.2, -0.15) is 0 Å². The molecule has 29 heavy (non-hydrogen) atoms. The van der Waals surface area contributed by atoms with Crippen LogP contribution < -0.4 is 10.5 Å². The van der Waals surface area contributed by atoms with Crippen LogP contribution in [0.3, 0.4) is 0 Å². The lowest BCUT2D eigenvalue weighted by molar-refractivity contribution is 0.0439. The maximum atomic E-state index is 10.8. The van der Waals surface area contributed by atoms with E-state index in [-0.39, 0.29) is 30.9 Å². The number of thiophene rings is 1. The van der Waals surface area contributed by atoms with Crippen molar-refractivity contribution in [3.63, 3.8) is 0 Å². The summed E-state index contributed by atoms with van der Waals surface area (Å²) >= 11 is 1.81. The van der Waals surface area contributed by atoms with Gasteiger partial charge in [0.05, 0.1) is 13.2 Å². The smallest absolute Gasteiger partial charge is 0.119 e. The van der Waals surface area contributed by atoms with Crippen molar-refractivity contribution in [3.8, 4) is 5.75 Å². The molecule has 1 aliphatic heterocycles. The second-order valence-corrected chi connectivity index (χ2v) is 9.22. The van der Waals surface area contributed by atoms with Gasteiger partial charge in [-0.05, 0) is 79.2 Å². The Morgan fingerprint density at radius 3 is 2.59 bits per heavy atom. The van der Waals surface area contributed by atoms with Crippen molar-refractivity contribution in [1.82, 2.24) is 4.90 Å². The van der Waals surface area contributed by atoms with Crippen molar-refractivity contribution in [2.75, 3.05) is 26.7 Å². The number of rotatable bonds is 5. The molecule has 3 unspecified atom stereocenters. The highest BCUT2D eigenvalue weighted by atomic mass is 35.5. The third-order valence-corrected chi connectivity index (χ3v) is 7.58. The van der Waals surface area contributed by atoms with Gasteiger partial charge in [0, 0.05) is 23.2 Å². The maximum absolute atomic E-state index is 10.8. The molecule has 2 heterocycles. The molecule has 0 radical (unpaired) electrons. The molecule has 1 aromatic heterocycles. The molecular formula is C22H34Cl2N2O2S. The normalized spacial score (nSPS) is 24.5. The van der Waals surface area contributed by atoms with Crippen molar-refractivity contribution in [1.29, 1.82) is 0 Å². The highest BCUT2D eigenvalue weighted by molar-refractivity contribution is 7.17. The second kappa shape index (κ2) is 11.2. The predicted molar refractivity (Wildman–Crippen MR) is 127 cm³/mol. The summed E-state index contributed by atoms with van der Waals surface area (Å²) in [5.41, 5.74) is 7.51. The molecule has 7 heteroatoms. The van der Waals surface area contributed by atoms with Crippen LogP contribution in [0, 0.1) is 5.92 Å². The van der Waals surface area contributed by atoms with E-state index in [1.807, 2.05) is 17.4 Å². The molecule has 2 fully saturated rings. The Morgan fingerprint density at radius 2 is 1.90 bits per heavy atom. The fraction of sp³-hybridized carbons (Fsp3) is 0.636. The zero-order valence-corrected chi connectivity index (χ0v) is 19.5. The molecule has 4 rings (SSSR count). The van der Waals surface area contributed by atoms with E-state index in [0.29, 0.717) is 17.9 Å². The van der Waals surface area contributed by atoms with Crippen molar-refractivity contribution in [3.05, 3.63) is 29.1 Å². The van der Waals surface area contributed by atoms with Crippen molar-refractivity contribution >= 4 is 46.2 Å². The Kier molecular flexibility index (Phi) is 9.52. The molecule has 1 saturated heterocycles. The van der Waals surface area contributed by atoms with E-state index >= 15 is 0 Å². The fourth-order valence-corrected chi connectivity index (χ4v) is 5.94. The van der Waals surface area contributed by atoms with Gasteiger partial charge < -0.3 is 20.5 Å². The largest absolute Gasteiger partial charge is 0.497 e. The quantitative estimate of drug-likeness (QED) is 0.671. The number of hydrogen-bond acceptors (Lipinski definition) is 5. The Labute approximate surface area is 190 Å². The lowest BCUT2D eigenvalue weighted by Gasteiger charge is -2.39. The molecule has 1 saturated carbocycles. The third-order valence-electron chi connectivity index (χ3n) is 6.60. The second-order valence-electron chi connectivity index (χ2n) is 8.31. The van der Waals surface area contributed by atoms with Crippen molar-refractivity contribution in [2.45, 2.75) is 56.6 Å². The van der Waals surface area contributed by atoms with Gasteiger partial charge in [-0.3, -0.25) is 0 Å². The van der Waals surface area contributed by atoms with Gasteiger partial charge in [0.2, 0.25) is 0 Å². The minimum atomic E-state index is -0.184. The van der Waals surface area contributed by atoms with Gasteiger partial charge in [0.15, 0.2) is 0 Å². The first kappa shape index (κ1) is 24.7. The van der Waals surface area contributed by atoms with Crippen LogP contribution >= 0.6 is 36.2 Å². The number of likely N-dealkylation sites (tertiary alicyclic amines) is 1. The van der Waals surface area contributed by atoms with Crippen LogP contribution in [0.1, 0.15) is 50.0 Å². The molecule has 4 nitrogen and oxygen atoms in total. The zero-order valence-electron chi connectivity index (χ0n) is 17.1. The van der Waals surface area contributed by atoms with E-state index in [1.165, 1.54) is 22.1 Å².